The molecule has 0 saturated carbocycles. The summed E-state index contributed by atoms with van der Waals surface area (Å²) < 4.78 is 5.59. The van der Waals surface area contributed by atoms with Crippen LogP contribution in [-0.2, 0) is 11.3 Å². The molecule has 1 heterocycles. The van der Waals surface area contributed by atoms with Crippen LogP contribution in [0.25, 0.3) is 0 Å². The normalized spacial score (nSPS) is 20.1. The van der Waals surface area contributed by atoms with E-state index in [0.717, 1.165) is 13.2 Å². The number of rotatable bonds is 4. The molecule has 2 heteroatoms. The van der Waals surface area contributed by atoms with Crippen LogP contribution < -0.4 is 5.32 Å². The summed E-state index contributed by atoms with van der Waals surface area (Å²) >= 11 is 0. The van der Waals surface area contributed by atoms with Gasteiger partial charge in [0, 0.05) is 12.6 Å². The summed E-state index contributed by atoms with van der Waals surface area (Å²) in [5.74, 6) is 0. The monoisotopic (exact) mass is 189 g/mol. The van der Waals surface area contributed by atoms with Crippen molar-refractivity contribution in [2.75, 3.05) is 13.2 Å². The first-order valence-electron chi connectivity index (χ1n) is 4.97. The van der Waals surface area contributed by atoms with Crippen LogP contribution in [-0.4, -0.2) is 19.2 Å². The summed E-state index contributed by atoms with van der Waals surface area (Å²) in [6, 6.07) is 10.7. The molecule has 74 valence electrons. The van der Waals surface area contributed by atoms with E-state index in [1.165, 1.54) is 5.56 Å². The van der Waals surface area contributed by atoms with Crippen molar-refractivity contribution in [1.29, 1.82) is 0 Å². The number of nitrogens with one attached hydrogen (secondary N) is 1. The van der Waals surface area contributed by atoms with Crippen molar-refractivity contribution >= 4 is 0 Å². The summed E-state index contributed by atoms with van der Waals surface area (Å²) in [5.41, 5.74) is 1.23. The maximum Gasteiger partial charge on any atom is 0.0717 e. The fraction of sp³-hybridized carbons (Fsp3) is 0.333. The van der Waals surface area contributed by atoms with Crippen LogP contribution in [0.4, 0.5) is 0 Å². The van der Waals surface area contributed by atoms with Crippen molar-refractivity contribution in [3.05, 3.63) is 48.0 Å². The standard InChI is InChI=1S/C12H15NO/c1-2-5-11(6-3-1)9-14-10-12-7-4-8-13-12/h1-7,12-13H,8-10H2/t12-/m0/s1. The van der Waals surface area contributed by atoms with Gasteiger partial charge in [-0.3, -0.25) is 0 Å². The Labute approximate surface area is 84.6 Å². The molecule has 1 aromatic rings. The third-order valence-corrected chi connectivity index (χ3v) is 2.28. The second-order valence-corrected chi connectivity index (χ2v) is 3.44. The molecule has 0 bridgehead atoms. The molecule has 14 heavy (non-hydrogen) atoms. The molecule has 1 atom stereocenters. The Morgan fingerprint density at radius 3 is 2.86 bits per heavy atom. The predicted molar refractivity (Wildman–Crippen MR) is 57.0 cm³/mol. The summed E-state index contributed by atoms with van der Waals surface area (Å²) in [4.78, 5) is 0. The van der Waals surface area contributed by atoms with E-state index < -0.39 is 0 Å². The topological polar surface area (TPSA) is 21.3 Å². The Bertz CT molecular complexity index is 294. The van der Waals surface area contributed by atoms with Crippen LogP contribution in [0.3, 0.4) is 0 Å². The van der Waals surface area contributed by atoms with Crippen molar-refractivity contribution in [2.45, 2.75) is 12.6 Å². The highest BCUT2D eigenvalue weighted by molar-refractivity contribution is 5.13. The number of benzene rings is 1. The first-order chi connectivity index (χ1) is 6.95. The largest absolute Gasteiger partial charge is 0.375 e. The second kappa shape index (κ2) is 4.94. The van der Waals surface area contributed by atoms with Gasteiger partial charge < -0.3 is 10.1 Å². The van der Waals surface area contributed by atoms with E-state index in [-0.39, 0.29) is 0 Å². The van der Waals surface area contributed by atoms with E-state index in [1.54, 1.807) is 0 Å². The SMILES string of the molecule is C1=C[C@@H](COCc2ccccc2)NC1. The fourth-order valence-corrected chi connectivity index (χ4v) is 1.51. The lowest BCUT2D eigenvalue weighted by Crippen LogP contribution is -2.27. The van der Waals surface area contributed by atoms with Gasteiger partial charge in [-0.2, -0.15) is 0 Å². The van der Waals surface area contributed by atoms with E-state index in [4.69, 9.17) is 4.74 Å². The Morgan fingerprint density at radius 2 is 2.14 bits per heavy atom. The molecule has 0 spiro atoms. The zero-order chi connectivity index (χ0) is 9.64. The van der Waals surface area contributed by atoms with Gasteiger partial charge in [0.25, 0.3) is 0 Å². The first kappa shape index (κ1) is 9.44. The van der Waals surface area contributed by atoms with Gasteiger partial charge >= 0.3 is 0 Å². The molecule has 0 amide bonds. The lowest BCUT2D eigenvalue weighted by Gasteiger charge is -2.09. The Kier molecular flexibility index (Phi) is 3.33. The Balaban J connectivity index is 1.70. The van der Waals surface area contributed by atoms with Crippen molar-refractivity contribution in [1.82, 2.24) is 5.32 Å². The van der Waals surface area contributed by atoms with Crippen molar-refractivity contribution in [3.8, 4) is 0 Å². The van der Waals surface area contributed by atoms with Gasteiger partial charge in [0.1, 0.15) is 0 Å². The van der Waals surface area contributed by atoms with E-state index in [9.17, 15) is 0 Å². The molecule has 0 unspecified atom stereocenters. The van der Waals surface area contributed by atoms with E-state index in [2.05, 4.69) is 29.6 Å². The molecule has 1 aromatic carbocycles. The Hall–Kier alpha value is -1.12. The van der Waals surface area contributed by atoms with Crippen LogP contribution >= 0.6 is 0 Å². The second-order valence-electron chi connectivity index (χ2n) is 3.44. The molecule has 1 aliphatic rings. The molecule has 2 rings (SSSR count). The molecular formula is C12H15NO. The van der Waals surface area contributed by atoms with Crippen LogP contribution in [0, 0.1) is 0 Å². The van der Waals surface area contributed by atoms with Gasteiger partial charge in [-0.25, -0.2) is 0 Å². The number of hydrogen-bond acceptors (Lipinski definition) is 2. The zero-order valence-electron chi connectivity index (χ0n) is 8.15. The average Bonchev–Trinajstić information content (AvgIpc) is 2.72. The summed E-state index contributed by atoms with van der Waals surface area (Å²) in [5, 5.41) is 3.31. The van der Waals surface area contributed by atoms with Crippen molar-refractivity contribution in [3.63, 3.8) is 0 Å². The third kappa shape index (κ3) is 2.69. The van der Waals surface area contributed by atoms with E-state index >= 15 is 0 Å². The van der Waals surface area contributed by atoms with Gasteiger partial charge in [0.15, 0.2) is 0 Å². The highest BCUT2D eigenvalue weighted by atomic mass is 16.5. The minimum atomic E-state index is 0.402. The quantitative estimate of drug-likeness (QED) is 0.728. The zero-order valence-corrected chi connectivity index (χ0v) is 8.15. The maximum absolute atomic E-state index is 5.59. The molecule has 2 nitrogen and oxygen atoms in total. The van der Waals surface area contributed by atoms with Crippen molar-refractivity contribution in [2.24, 2.45) is 0 Å². The average molecular weight is 189 g/mol. The molecule has 1 aliphatic heterocycles. The van der Waals surface area contributed by atoms with E-state index in [1.807, 2.05) is 18.2 Å². The maximum atomic E-state index is 5.59. The number of ether oxygens (including phenoxy) is 1. The summed E-state index contributed by atoms with van der Waals surface area (Å²) in [6.45, 7) is 2.43. The van der Waals surface area contributed by atoms with Gasteiger partial charge in [-0.05, 0) is 5.56 Å². The van der Waals surface area contributed by atoms with Crippen LogP contribution in [0.2, 0.25) is 0 Å². The molecule has 0 aromatic heterocycles. The van der Waals surface area contributed by atoms with Crippen LogP contribution in [0.1, 0.15) is 5.56 Å². The van der Waals surface area contributed by atoms with Crippen LogP contribution in [0.15, 0.2) is 42.5 Å². The lowest BCUT2D eigenvalue weighted by molar-refractivity contribution is 0.111. The van der Waals surface area contributed by atoms with E-state index in [0.29, 0.717) is 12.6 Å². The first-order valence-corrected chi connectivity index (χ1v) is 4.97. The summed E-state index contributed by atoms with van der Waals surface area (Å²) in [7, 11) is 0. The van der Waals surface area contributed by atoms with Gasteiger partial charge in [-0.15, -0.1) is 0 Å². The molecule has 0 saturated heterocycles. The molecule has 1 N–H and O–H groups in total. The highest BCUT2D eigenvalue weighted by Crippen LogP contribution is 2.02. The number of hydrogen-bond donors (Lipinski definition) is 1. The molecule has 0 radical (unpaired) electrons. The van der Waals surface area contributed by atoms with Crippen LogP contribution in [0.5, 0.6) is 0 Å². The third-order valence-electron chi connectivity index (χ3n) is 2.28. The minimum absolute atomic E-state index is 0.402. The van der Waals surface area contributed by atoms with Gasteiger partial charge in [0.05, 0.1) is 13.2 Å². The summed E-state index contributed by atoms with van der Waals surface area (Å²) in [6.07, 6.45) is 4.29. The lowest BCUT2D eigenvalue weighted by atomic mass is 10.2. The molecule has 0 fully saturated rings. The van der Waals surface area contributed by atoms with Gasteiger partial charge in [-0.1, -0.05) is 42.5 Å². The van der Waals surface area contributed by atoms with Crippen molar-refractivity contribution < 1.29 is 4.74 Å². The molecular weight excluding hydrogens is 174 g/mol. The smallest absolute Gasteiger partial charge is 0.0717 e. The minimum Gasteiger partial charge on any atom is -0.375 e. The highest BCUT2D eigenvalue weighted by Gasteiger charge is 2.06. The Morgan fingerprint density at radius 1 is 1.29 bits per heavy atom. The fourth-order valence-electron chi connectivity index (χ4n) is 1.51. The predicted octanol–water partition coefficient (Wildman–Crippen LogP) is 1.73. The molecule has 0 aliphatic carbocycles. The van der Waals surface area contributed by atoms with Gasteiger partial charge in [0.2, 0.25) is 0 Å².